The molecule has 1 saturated heterocycles. The minimum Gasteiger partial charge on any atom is -0.297 e. The van der Waals surface area contributed by atoms with Crippen molar-refractivity contribution in [1.29, 1.82) is 0 Å². The van der Waals surface area contributed by atoms with Crippen molar-refractivity contribution in [3.8, 4) is 0 Å². The maximum absolute atomic E-state index is 2.66. The van der Waals surface area contributed by atoms with E-state index in [1.165, 1.54) is 24.8 Å². The van der Waals surface area contributed by atoms with Gasteiger partial charge in [-0.1, -0.05) is 44.2 Å². The summed E-state index contributed by atoms with van der Waals surface area (Å²) in [6.07, 6.45) is 3.98. The maximum Gasteiger partial charge on any atom is 0.0620 e. The van der Waals surface area contributed by atoms with Crippen molar-refractivity contribution >= 4 is 0 Å². The van der Waals surface area contributed by atoms with E-state index < -0.39 is 0 Å². The summed E-state index contributed by atoms with van der Waals surface area (Å²) in [7, 11) is 0. The van der Waals surface area contributed by atoms with Crippen LogP contribution in [0.15, 0.2) is 30.3 Å². The van der Waals surface area contributed by atoms with E-state index in [4.69, 9.17) is 0 Å². The predicted octanol–water partition coefficient (Wildman–Crippen LogP) is 3.25. The van der Waals surface area contributed by atoms with Gasteiger partial charge in [0.05, 0.1) is 5.54 Å². The van der Waals surface area contributed by atoms with Crippen LogP contribution in [0.25, 0.3) is 0 Å². The monoisotopic (exact) mass is 257 g/mol. The standard InChI is InChI=1S/C17H25N2/c1-3-18-13-14-19(4-2)17(12-8-11-16(17)18)15-9-6-5-7-10-15/h5-7,9-10,14,16H,3-4,8,11-13H2,1-2H3. The van der Waals surface area contributed by atoms with Crippen LogP contribution in [0.2, 0.25) is 0 Å². The van der Waals surface area contributed by atoms with Gasteiger partial charge < -0.3 is 0 Å². The van der Waals surface area contributed by atoms with Crippen LogP contribution in [-0.4, -0.2) is 35.5 Å². The van der Waals surface area contributed by atoms with Crippen molar-refractivity contribution in [2.24, 2.45) is 0 Å². The molecule has 1 aromatic carbocycles. The molecule has 1 radical (unpaired) electrons. The van der Waals surface area contributed by atoms with Crippen LogP contribution in [0.1, 0.15) is 38.7 Å². The summed E-state index contributed by atoms with van der Waals surface area (Å²) in [4.78, 5) is 5.28. The van der Waals surface area contributed by atoms with E-state index in [1.807, 2.05) is 0 Å². The highest BCUT2D eigenvalue weighted by Gasteiger charge is 2.52. The lowest BCUT2D eigenvalue weighted by Crippen LogP contribution is -2.61. The van der Waals surface area contributed by atoms with Crippen LogP contribution in [0, 0.1) is 6.54 Å². The molecule has 1 aromatic rings. The van der Waals surface area contributed by atoms with E-state index in [0.717, 1.165) is 19.6 Å². The quantitative estimate of drug-likeness (QED) is 0.820. The van der Waals surface area contributed by atoms with Crippen LogP contribution in [0.4, 0.5) is 0 Å². The smallest absolute Gasteiger partial charge is 0.0620 e. The van der Waals surface area contributed by atoms with Crippen LogP contribution in [0.3, 0.4) is 0 Å². The van der Waals surface area contributed by atoms with Gasteiger partial charge in [0, 0.05) is 19.1 Å². The predicted molar refractivity (Wildman–Crippen MR) is 79.7 cm³/mol. The highest BCUT2D eigenvalue weighted by Crippen LogP contribution is 2.49. The molecule has 2 atom stereocenters. The first-order valence-electron chi connectivity index (χ1n) is 7.72. The number of likely N-dealkylation sites (N-methyl/N-ethyl adjacent to an activating group) is 2. The van der Waals surface area contributed by atoms with Gasteiger partial charge in [-0.3, -0.25) is 9.80 Å². The zero-order valence-electron chi connectivity index (χ0n) is 12.2. The Morgan fingerprint density at radius 3 is 2.63 bits per heavy atom. The van der Waals surface area contributed by atoms with Gasteiger partial charge in [0.25, 0.3) is 0 Å². The third kappa shape index (κ3) is 1.93. The summed E-state index contributed by atoms with van der Waals surface area (Å²) in [5.41, 5.74) is 1.73. The Kier molecular flexibility index (Phi) is 3.64. The van der Waals surface area contributed by atoms with E-state index >= 15 is 0 Å². The maximum atomic E-state index is 2.66. The van der Waals surface area contributed by atoms with Crippen LogP contribution in [-0.2, 0) is 5.54 Å². The molecule has 1 heterocycles. The lowest BCUT2D eigenvalue weighted by Gasteiger charge is -2.53. The average Bonchev–Trinajstić information content (AvgIpc) is 2.93. The first-order valence-corrected chi connectivity index (χ1v) is 7.72. The lowest BCUT2D eigenvalue weighted by molar-refractivity contribution is -0.00868. The number of nitrogens with zero attached hydrogens (tertiary/aromatic N) is 2. The molecular weight excluding hydrogens is 232 g/mol. The van der Waals surface area contributed by atoms with E-state index in [1.54, 1.807) is 0 Å². The summed E-state index contributed by atoms with van der Waals surface area (Å²) in [5, 5.41) is 0. The van der Waals surface area contributed by atoms with Crippen LogP contribution < -0.4 is 0 Å². The lowest BCUT2D eigenvalue weighted by atomic mass is 9.80. The highest BCUT2D eigenvalue weighted by atomic mass is 15.3. The second-order valence-electron chi connectivity index (χ2n) is 5.75. The highest BCUT2D eigenvalue weighted by molar-refractivity contribution is 5.31. The minimum atomic E-state index is 0.226. The van der Waals surface area contributed by atoms with Crippen molar-refractivity contribution in [1.82, 2.24) is 9.80 Å². The second-order valence-corrected chi connectivity index (χ2v) is 5.75. The summed E-state index contributed by atoms with van der Waals surface area (Å²) >= 11 is 0. The first-order chi connectivity index (χ1) is 9.32. The molecule has 2 aliphatic rings. The van der Waals surface area contributed by atoms with E-state index in [2.05, 4.69) is 60.5 Å². The Morgan fingerprint density at radius 1 is 1.16 bits per heavy atom. The number of fused-ring (bicyclic) bond motifs is 1. The molecule has 0 spiro atoms. The molecule has 19 heavy (non-hydrogen) atoms. The molecule has 0 amide bonds. The van der Waals surface area contributed by atoms with Crippen molar-refractivity contribution in [3.63, 3.8) is 0 Å². The number of rotatable bonds is 3. The molecule has 2 fully saturated rings. The summed E-state index contributed by atoms with van der Waals surface area (Å²) in [6.45, 7) is 10.4. The van der Waals surface area contributed by atoms with E-state index in [9.17, 15) is 0 Å². The van der Waals surface area contributed by atoms with Gasteiger partial charge >= 0.3 is 0 Å². The fraction of sp³-hybridized carbons (Fsp3) is 0.588. The first kappa shape index (κ1) is 13.1. The normalized spacial score (nSPS) is 32.4. The summed E-state index contributed by atoms with van der Waals surface area (Å²) in [6, 6.07) is 11.9. The molecule has 1 aliphatic carbocycles. The third-order valence-electron chi connectivity index (χ3n) is 5.10. The van der Waals surface area contributed by atoms with Gasteiger partial charge in [0.2, 0.25) is 0 Å². The Balaban J connectivity index is 2.06. The zero-order chi connectivity index (χ0) is 13.3. The molecule has 1 saturated carbocycles. The molecule has 2 nitrogen and oxygen atoms in total. The van der Waals surface area contributed by atoms with E-state index in [-0.39, 0.29) is 5.54 Å². The second kappa shape index (κ2) is 5.26. The van der Waals surface area contributed by atoms with Gasteiger partial charge in [-0.25, -0.2) is 0 Å². The zero-order valence-corrected chi connectivity index (χ0v) is 12.2. The Bertz CT molecular complexity index is 417. The van der Waals surface area contributed by atoms with Gasteiger partial charge in [0.15, 0.2) is 0 Å². The Hall–Kier alpha value is -0.860. The fourth-order valence-electron chi connectivity index (χ4n) is 4.27. The molecule has 0 bridgehead atoms. The fourth-order valence-corrected chi connectivity index (χ4v) is 4.27. The molecule has 103 valence electrons. The summed E-state index contributed by atoms with van der Waals surface area (Å²) in [5.74, 6) is 0. The van der Waals surface area contributed by atoms with Crippen molar-refractivity contribution in [2.75, 3.05) is 19.6 Å². The summed E-state index contributed by atoms with van der Waals surface area (Å²) < 4.78 is 0. The van der Waals surface area contributed by atoms with E-state index in [0.29, 0.717) is 6.04 Å². The number of hydrogen-bond donors (Lipinski definition) is 0. The molecule has 1 aliphatic heterocycles. The van der Waals surface area contributed by atoms with Crippen molar-refractivity contribution < 1.29 is 0 Å². The van der Waals surface area contributed by atoms with Gasteiger partial charge in [0.1, 0.15) is 0 Å². The largest absolute Gasteiger partial charge is 0.297 e. The molecule has 2 heteroatoms. The molecule has 0 aromatic heterocycles. The number of benzene rings is 1. The van der Waals surface area contributed by atoms with Crippen LogP contribution in [0.5, 0.6) is 0 Å². The van der Waals surface area contributed by atoms with Crippen molar-refractivity contribution in [2.45, 2.75) is 44.7 Å². The van der Waals surface area contributed by atoms with Gasteiger partial charge in [-0.2, -0.15) is 0 Å². The topological polar surface area (TPSA) is 6.48 Å². The van der Waals surface area contributed by atoms with Gasteiger partial charge in [-0.05, 0) is 37.9 Å². The number of piperazine rings is 1. The SMILES string of the molecule is CCN1C[CH]N(CC)C2(c3ccccc3)CCCC12. The molecular formula is C17H25N2. The Morgan fingerprint density at radius 2 is 1.95 bits per heavy atom. The van der Waals surface area contributed by atoms with Crippen molar-refractivity contribution in [3.05, 3.63) is 42.4 Å². The average molecular weight is 257 g/mol. The minimum absolute atomic E-state index is 0.226. The number of hydrogen-bond acceptors (Lipinski definition) is 2. The van der Waals surface area contributed by atoms with Gasteiger partial charge in [-0.15, -0.1) is 0 Å². The molecule has 2 unspecified atom stereocenters. The molecule has 3 rings (SSSR count). The molecule has 0 N–H and O–H groups in total. The van der Waals surface area contributed by atoms with Crippen LogP contribution >= 0.6 is 0 Å². The third-order valence-corrected chi connectivity index (χ3v) is 5.10. The Labute approximate surface area is 117 Å².